The van der Waals surface area contributed by atoms with Gasteiger partial charge in [0.25, 0.3) is 0 Å². The molecule has 0 saturated carbocycles. The number of hydrogen-bond acceptors (Lipinski definition) is 7. The molecule has 0 saturated heterocycles. The van der Waals surface area contributed by atoms with Crippen molar-refractivity contribution in [1.82, 2.24) is 25.3 Å². The number of ether oxygens (including phenoxy) is 2. The molecule has 0 aliphatic carbocycles. The zero-order valence-corrected chi connectivity index (χ0v) is 9.54. The number of anilines is 1. The first-order valence-electron chi connectivity index (χ1n) is 5.26. The first-order chi connectivity index (χ1) is 8.40. The van der Waals surface area contributed by atoms with Crippen LogP contribution in [0.25, 0.3) is 5.65 Å². The first kappa shape index (κ1) is 11.7. The Bertz CT molecular complexity index is 459. The first-order valence-corrected chi connectivity index (χ1v) is 5.26. The van der Waals surface area contributed by atoms with Crippen molar-refractivity contribution in [2.75, 3.05) is 38.8 Å². The number of methoxy groups -OCH3 is 1. The lowest BCUT2D eigenvalue weighted by atomic mass is 10.5. The summed E-state index contributed by atoms with van der Waals surface area (Å²) in [5.41, 5.74) is 0.617. The number of tetrazole rings is 1. The van der Waals surface area contributed by atoms with Gasteiger partial charge in [-0.1, -0.05) is 0 Å². The maximum atomic E-state index is 5.31. The molecule has 17 heavy (non-hydrogen) atoms. The summed E-state index contributed by atoms with van der Waals surface area (Å²) in [6.07, 6.45) is 0. The normalized spacial score (nSPS) is 10.9. The molecular weight excluding hydrogens is 224 g/mol. The quantitative estimate of drug-likeness (QED) is 0.656. The minimum atomic E-state index is 0.595. The highest BCUT2D eigenvalue weighted by molar-refractivity contribution is 5.41. The second-order valence-corrected chi connectivity index (χ2v) is 3.28. The van der Waals surface area contributed by atoms with Crippen LogP contribution in [0.2, 0.25) is 0 Å². The van der Waals surface area contributed by atoms with Crippen LogP contribution in [-0.4, -0.2) is 58.7 Å². The van der Waals surface area contributed by atoms with Crippen LogP contribution in [0, 0.1) is 0 Å². The fourth-order valence-electron chi connectivity index (χ4n) is 1.24. The Morgan fingerprint density at radius 2 is 2.24 bits per heavy atom. The van der Waals surface area contributed by atoms with Gasteiger partial charge in [-0.3, -0.25) is 0 Å². The Morgan fingerprint density at radius 3 is 3.12 bits per heavy atom. The summed E-state index contributed by atoms with van der Waals surface area (Å²) in [5.74, 6) is 0.708. The van der Waals surface area contributed by atoms with Crippen LogP contribution in [0.5, 0.6) is 0 Å². The molecular formula is C9H14N6O2. The zero-order chi connectivity index (χ0) is 11.9. The average Bonchev–Trinajstić information content (AvgIpc) is 2.81. The molecule has 2 aromatic heterocycles. The van der Waals surface area contributed by atoms with Gasteiger partial charge in [-0.25, -0.2) is 0 Å². The van der Waals surface area contributed by atoms with Crippen LogP contribution in [0.1, 0.15) is 0 Å². The Morgan fingerprint density at radius 1 is 1.29 bits per heavy atom. The number of rotatable bonds is 7. The predicted octanol–water partition coefficient (Wildman–Crippen LogP) is -0.406. The van der Waals surface area contributed by atoms with Gasteiger partial charge in [0.2, 0.25) is 0 Å². The number of aromatic nitrogens is 5. The molecule has 0 unspecified atom stereocenters. The van der Waals surface area contributed by atoms with Gasteiger partial charge in [0, 0.05) is 13.7 Å². The lowest BCUT2D eigenvalue weighted by molar-refractivity contribution is 0.0759. The Balaban J connectivity index is 1.75. The maximum absolute atomic E-state index is 5.31. The van der Waals surface area contributed by atoms with Crippen LogP contribution in [0.3, 0.4) is 0 Å². The van der Waals surface area contributed by atoms with E-state index in [0.29, 0.717) is 37.8 Å². The SMILES string of the molecule is COCCOCCNc1ccc2nnnn2n1. The van der Waals surface area contributed by atoms with Gasteiger partial charge in [-0.2, -0.15) is 0 Å². The van der Waals surface area contributed by atoms with Crippen LogP contribution in [0.15, 0.2) is 12.1 Å². The van der Waals surface area contributed by atoms with Crippen molar-refractivity contribution in [2.45, 2.75) is 0 Å². The van der Waals surface area contributed by atoms with Crippen LogP contribution >= 0.6 is 0 Å². The van der Waals surface area contributed by atoms with E-state index in [1.807, 2.05) is 6.07 Å². The number of nitrogens with one attached hydrogen (secondary N) is 1. The van der Waals surface area contributed by atoms with E-state index in [0.717, 1.165) is 0 Å². The largest absolute Gasteiger partial charge is 0.382 e. The number of hydrogen-bond donors (Lipinski definition) is 1. The summed E-state index contributed by atoms with van der Waals surface area (Å²) in [6, 6.07) is 3.61. The van der Waals surface area contributed by atoms with Crippen molar-refractivity contribution in [3.63, 3.8) is 0 Å². The van der Waals surface area contributed by atoms with E-state index in [1.165, 1.54) is 4.63 Å². The van der Waals surface area contributed by atoms with E-state index in [9.17, 15) is 0 Å². The highest BCUT2D eigenvalue weighted by Crippen LogP contribution is 2.02. The Hall–Kier alpha value is -1.80. The molecule has 0 aliphatic rings. The molecule has 8 nitrogen and oxygen atoms in total. The van der Waals surface area contributed by atoms with Gasteiger partial charge in [0.15, 0.2) is 5.65 Å². The average molecular weight is 238 g/mol. The van der Waals surface area contributed by atoms with Crippen molar-refractivity contribution in [3.05, 3.63) is 12.1 Å². The van der Waals surface area contributed by atoms with Crippen LogP contribution in [0.4, 0.5) is 5.82 Å². The van der Waals surface area contributed by atoms with Crippen molar-refractivity contribution < 1.29 is 9.47 Å². The minimum absolute atomic E-state index is 0.595. The van der Waals surface area contributed by atoms with Gasteiger partial charge < -0.3 is 14.8 Å². The lowest BCUT2D eigenvalue weighted by Gasteiger charge is -2.05. The van der Waals surface area contributed by atoms with Crippen LogP contribution < -0.4 is 5.32 Å². The molecule has 2 rings (SSSR count). The van der Waals surface area contributed by atoms with Crippen molar-refractivity contribution >= 4 is 11.5 Å². The van der Waals surface area contributed by atoms with E-state index >= 15 is 0 Å². The molecule has 0 bridgehead atoms. The molecule has 0 fully saturated rings. The molecule has 0 spiro atoms. The minimum Gasteiger partial charge on any atom is -0.382 e. The topological polar surface area (TPSA) is 86.5 Å². The summed E-state index contributed by atoms with van der Waals surface area (Å²) in [5, 5.41) is 18.2. The molecule has 0 atom stereocenters. The van der Waals surface area contributed by atoms with Crippen molar-refractivity contribution in [1.29, 1.82) is 0 Å². The summed E-state index contributed by atoms with van der Waals surface area (Å²) < 4.78 is 11.5. The molecule has 92 valence electrons. The molecule has 0 radical (unpaired) electrons. The fraction of sp³-hybridized carbons (Fsp3) is 0.556. The van der Waals surface area contributed by atoms with E-state index < -0.39 is 0 Å². The monoisotopic (exact) mass is 238 g/mol. The zero-order valence-electron chi connectivity index (χ0n) is 9.54. The molecule has 1 N–H and O–H groups in total. The fourth-order valence-corrected chi connectivity index (χ4v) is 1.24. The third-order valence-corrected chi connectivity index (χ3v) is 2.05. The molecule has 8 heteroatoms. The van der Waals surface area contributed by atoms with E-state index in [4.69, 9.17) is 9.47 Å². The van der Waals surface area contributed by atoms with Crippen molar-refractivity contribution in [2.24, 2.45) is 0 Å². The van der Waals surface area contributed by atoms with Gasteiger partial charge in [-0.15, -0.1) is 14.8 Å². The Kier molecular flexibility index (Phi) is 4.17. The third kappa shape index (κ3) is 3.33. The van der Waals surface area contributed by atoms with Gasteiger partial charge in [0.05, 0.1) is 19.8 Å². The number of nitrogens with zero attached hydrogens (tertiary/aromatic N) is 5. The van der Waals surface area contributed by atoms with Gasteiger partial charge in [0.1, 0.15) is 5.82 Å². The summed E-state index contributed by atoms with van der Waals surface area (Å²) in [4.78, 5) is 0. The highest BCUT2D eigenvalue weighted by Gasteiger charge is 1.99. The van der Waals surface area contributed by atoms with Crippen molar-refractivity contribution in [3.8, 4) is 0 Å². The third-order valence-electron chi connectivity index (χ3n) is 2.05. The molecule has 0 aromatic carbocycles. The molecule has 0 amide bonds. The molecule has 0 aliphatic heterocycles. The molecule has 2 aromatic rings. The smallest absolute Gasteiger partial charge is 0.200 e. The van der Waals surface area contributed by atoms with Crippen LogP contribution in [-0.2, 0) is 9.47 Å². The second-order valence-electron chi connectivity index (χ2n) is 3.28. The second kappa shape index (κ2) is 6.06. The van der Waals surface area contributed by atoms with E-state index in [2.05, 4.69) is 25.9 Å². The summed E-state index contributed by atoms with van der Waals surface area (Å²) >= 11 is 0. The van der Waals surface area contributed by atoms with Gasteiger partial charge >= 0.3 is 0 Å². The Labute approximate surface area is 97.9 Å². The highest BCUT2D eigenvalue weighted by atomic mass is 16.5. The standard InChI is InChI=1S/C9H14N6O2/c1-16-6-7-17-5-4-10-8-2-3-9-11-13-14-15(9)12-8/h2-3H,4-7H2,1H3,(H,10,12). The van der Waals surface area contributed by atoms with E-state index in [1.54, 1.807) is 13.2 Å². The van der Waals surface area contributed by atoms with E-state index in [-0.39, 0.29) is 0 Å². The predicted molar refractivity (Wildman–Crippen MR) is 59.8 cm³/mol. The number of fused-ring (bicyclic) bond motifs is 1. The lowest BCUT2D eigenvalue weighted by Crippen LogP contribution is -2.13. The summed E-state index contributed by atoms with van der Waals surface area (Å²) in [7, 11) is 1.65. The maximum Gasteiger partial charge on any atom is 0.200 e. The molecule has 2 heterocycles. The van der Waals surface area contributed by atoms with Gasteiger partial charge in [-0.05, 0) is 22.6 Å². The summed E-state index contributed by atoms with van der Waals surface area (Å²) in [6.45, 7) is 2.47.